The summed E-state index contributed by atoms with van der Waals surface area (Å²) in [6.45, 7) is 0. The van der Waals surface area contributed by atoms with Crippen LogP contribution in [0.3, 0.4) is 0 Å². The molecule has 0 bridgehead atoms. The Bertz CT molecular complexity index is 758. The fourth-order valence-corrected chi connectivity index (χ4v) is 1.68. The van der Waals surface area contributed by atoms with Crippen molar-refractivity contribution >= 4 is 23.5 Å². The van der Waals surface area contributed by atoms with Crippen molar-refractivity contribution in [1.82, 2.24) is 5.43 Å². The van der Waals surface area contributed by atoms with Gasteiger partial charge in [-0.3, -0.25) is 14.9 Å². The second kappa shape index (κ2) is 6.35. The van der Waals surface area contributed by atoms with Gasteiger partial charge in [0.15, 0.2) is 0 Å². The van der Waals surface area contributed by atoms with E-state index in [1.807, 2.05) is 0 Å². The normalized spacial score (nSPS) is 10.5. The maximum atomic E-state index is 11.8. The van der Waals surface area contributed by atoms with Crippen LogP contribution in [0, 0.1) is 10.1 Å². The molecule has 0 aliphatic carbocycles. The number of benzene rings is 2. The van der Waals surface area contributed by atoms with Crippen LogP contribution < -0.4 is 11.2 Å². The molecule has 1 amide bonds. The number of nitrogens with zero attached hydrogens (tertiary/aromatic N) is 2. The molecule has 0 saturated carbocycles. The van der Waals surface area contributed by atoms with Crippen molar-refractivity contribution < 1.29 is 14.8 Å². The van der Waals surface area contributed by atoms with E-state index < -0.39 is 10.8 Å². The maximum Gasteiger partial charge on any atom is 0.273 e. The van der Waals surface area contributed by atoms with E-state index in [2.05, 4.69) is 10.5 Å². The summed E-state index contributed by atoms with van der Waals surface area (Å²) < 4.78 is 0. The highest BCUT2D eigenvalue weighted by molar-refractivity contribution is 5.99. The lowest BCUT2D eigenvalue weighted by Gasteiger charge is -2.03. The number of carbonyl (C=O) groups is 1. The van der Waals surface area contributed by atoms with Crippen LogP contribution in [0.2, 0.25) is 0 Å². The van der Waals surface area contributed by atoms with Gasteiger partial charge in [-0.15, -0.1) is 0 Å². The SMILES string of the molecule is Nc1ccccc1C(=O)N/N=C/c1cc([N+](=O)[O-])ccc1O. The third kappa shape index (κ3) is 3.37. The molecule has 2 aromatic rings. The third-order valence-electron chi connectivity index (χ3n) is 2.80. The average molecular weight is 300 g/mol. The lowest BCUT2D eigenvalue weighted by molar-refractivity contribution is -0.384. The number of phenols is 1. The van der Waals surface area contributed by atoms with Crippen molar-refractivity contribution in [3.8, 4) is 5.75 Å². The number of amides is 1. The van der Waals surface area contributed by atoms with Crippen LogP contribution in [0.1, 0.15) is 15.9 Å². The minimum absolute atomic E-state index is 0.107. The Morgan fingerprint density at radius 1 is 1.32 bits per heavy atom. The van der Waals surface area contributed by atoms with Crippen LogP contribution in [-0.4, -0.2) is 22.2 Å². The molecule has 0 aromatic heterocycles. The Hall–Kier alpha value is -3.42. The molecule has 22 heavy (non-hydrogen) atoms. The van der Waals surface area contributed by atoms with Gasteiger partial charge in [-0.2, -0.15) is 5.10 Å². The largest absolute Gasteiger partial charge is 0.507 e. The highest BCUT2D eigenvalue weighted by Crippen LogP contribution is 2.21. The van der Waals surface area contributed by atoms with Gasteiger partial charge < -0.3 is 10.8 Å². The van der Waals surface area contributed by atoms with E-state index in [4.69, 9.17) is 5.73 Å². The first-order valence-electron chi connectivity index (χ1n) is 6.14. The molecule has 0 aliphatic rings. The number of nitrogens with two attached hydrogens (primary N) is 1. The lowest BCUT2D eigenvalue weighted by atomic mass is 10.2. The Kier molecular flexibility index (Phi) is 4.33. The number of nitrogen functional groups attached to an aromatic ring is 1. The Morgan fingerprint density at radius 2 is 2.05 bits per heavy atom. The molecular weight excluding hydrogens is 288 g/mol. The number of para-hydroxylation sites is 1. The molecule has 0 aliphatic heterocycles. The monoisotopic (exact) mass is 300 g/mol. The number of nitrogens with one attached hydrogen (secondary N) is 1. The smallest absolute Gasteiger partial charge is 0.273 e. The Labute approximate surface area is 125 Å². The van der Waals surface area contributed by atoms with E-state index >= 15 is 0 Å². The Balaban J connectivity index is 2.13. The second-order valence-corrected chi connectivity index (χ2v) is 4.29. The van der Waals surface area contributed by atoms with Crippen LogP contribution in [-0.2, 0) is 0 Å². The van der Waals surface area contributed by atoms with Crippen molar-refractivity contribution in [3.05, 3.63) is 63.7 Å². The molecule has 2 rings (SSSR count). The van der Waals surface area contributed by atoms with Crippen molar-refractivity contribution in [2.24, 2.45) is 5.10 Å². The number of hydrogen-bond acceptors (Lipinski definition) is 6. The minimum atomic E-state index is -0.597. The van der Waals surface area contributed by atoms with Gasteiger partial charge in [0.05, 0.1) is 16.7 Å². The first-order chi connectivity index (χ1) is 10.5. The van der Waals surface area contributed by atoms with Gasteiger partial charge in [-0.25, -0.2) is 5.43 Å². The molecule has 8 heteroatoms. The standard InChI is InChI=1S/C14H12N4O4/c15-12-4-2-1-3-11(12)14(20)17-16-8-9-7-10(18(21)22)5-6-13(9)19/h1-8,19H,15H2,(H,17,20)/b16-8+. The number of rotatable bonds is 4. The van der Waals surface area contributed by atoms with Crippen LogP contribution in [0.5, 0.6) is 5.75 Å². The molecule has 2 aromatic carbocycles. The zero-order valence-corrected chi connectivity index (χ0v) is 11.3. The number of nitro benzene ring substituents is 1. The molecule has 0 unspecified atom stereocenters. The molecule has 0 fully saturated rings. The maximum absolute atomic E-state index is 11.8. The van der Waals surface area contributed by atoms with Crippen molar-refractivity contribution in [3.63, 3.8) is 0 Å². The van der Waals surface area contributed by atoms with E-state index in [9.17, 15) is 20.0 Å². The number of phenolic OH excluding ortho intramolecular Hbond substituents is 1. The highest BCUT2D eigenvalue weighted by atomic mass is 16.6. The Morgan fingerprint density at radius 3 is 2.73 bits per heavy atom. The summed E-state index contributed by atoms with van der Waals surface area (Å²) in [5.41, 5.74) is 8.35. The van der Waals surface area contributed by atoms with Gasteiger partial charge in [-0.1, -0.05) is 12.1 Å². The van der Waals surface area contributed by atoms with Gasteiger partial charge >= 0.3 is 0 Å². The second-order valence-electron chi connectivity index (χ2n) is 4.29. The number of hydrazone groups is 1. The third-order valence-corrected chi connectivity index (χ3v) is 2.80. The summed E-state index contributed by atoms with van der Waals surface area (Å²) in [7, 11) is 0. The number of aromatic hydroxyl groups is 1. The van der Waals surface area contributed by atoms with E-state index in [1.54, 1.807) is 18.2 Å². The molecule has 4 N–H and O–H groups in total. The molecule has 0 spiro atoms. The predicted molar refractivity (Wildman–Crippen MR) is 80.7 cm³/mol. The summed E-state index contributed by atoms with van der Waals surface area (Å²) in [6, 6.07) is 9.93. The summed E-state index contributed by atoms with van der Waals surface area (Å²) >= 11 is 0. The highest BCUT2D eigenvalue weighted by Gasteiger charge is 2.10. The van der Waals surface area contributed by atoms with Crippen LogP contribution in [0.4, 0.5) is 11.4 Å². The van der Waals surface area contributed by atoms with Gasteiger partial charge in [-0.05, 0) is 18.2 Å². The predicted octanol–water partition coefficient (Wildman–Crippen LogP) is 1.65. The van der Waals surface area contributed by atoms with Crippen LogP contribution >= 0.6 is 0 Å². The number of hydrogen-bond donors (Lipinski definition) is 3. The summed E-state index contributed by atoms with van der Waals surface area (Å²) in [5.74, 6) is -0.720. The number of nitro groups is 1. The van der Waals surface area contributed by atoms with E-state index in [-0.39, 0.29) is 22.6 Å². The van der Waals surface area contributed by atoms with Crippen molar-refractivity contribution in [2.75, 3.05) is 5.73 Å². The van der Waals surface area contributed by atoms with Gasteiger partial charge in [0.25, 0.3) is 11.6 Å². The van der Waals surface area contributed by atoms with Gasteiger partial charge in [0, 0.05) is 23.4 Å². The van der Waals surface area contributed by atoms with E-state index in [1.165, 1.54) is 12.1 Å². The molecule has 0 saturated heterocycles. The molecule has 8 nitrogen and oxygen atoms in total. The summed E-state index contributed by atoms with van der Waals surface area (Å²) in [5, 5.41) is 23.9. The number of anilines is 1. The summed E-state index contributed by atoms with van der Waals surface area (Å²) in [6.07, 6.45) is 1.11. The van der Waals surface area contributed by atoms with Crippen molar-refractivity contribution in [1.29, 1.82) is 0 Å². The molecule has 112 valence electrons. The van der Waals surface area contributed by atoms with Gasteiger partial charge in [0.2, 0.25) is 0 Å². The zero-order valence-electron chi connectivity index (χ0n) is 11.3. The van der Waals surface area contributed by atoms with Crippen LogP contribution in [0.15, 0.2) is 47.6 Å². The zero-order chi connectivity index (χ0) is 16.1. The average Bonchev–Trinajstić information content (AvgIpc) is 2.49. The lowest BCUT2D eigenvalue weighted by Crippen LogP contribution is -2.19. The van der Waals surface area contributed by atoms with E-state index in [0.29, 0.717) is 5.69 Å². The fraction of sp³-hybridized carbons (Fsp3) is 0. The molecular formula is C14H12N4O4. The van der Waals surface area contributed by atoms with Crippen molar-refractivity contribution in [2.45, 2.75) is 0 Å². The molecule has 0 atom stereocenters. The fourth-order valence-electron chi connectivity index (χ4n) is 1.68. The first kappa shape index (κ1) is 15.0. The van der Waals surface area contributed by atoms with Crippen LogP contribution in [0.25, 0.3) is 0 Å². The quantitative estimate of drug-likeness (QED) is 0.342. The van der Waals surface area contributed by atoms with E-state index in [0.717, 1.165) is 18.3 Å². The molecule has 0 heterocycles. The first-order valence-corrected chi connectivity index (χ1v) is 6.14. The number of carbonyl (C=O) groups excluding carboxylic acids is 1. The topological polar surface area (TPSA) is 131 Å². The number of non-ortho nitro benzene ring substituents is 1. The summed E-state index contributed by atoms with van der Waals surface area (Å²) in [4.78, 5) is 21.9. The minimum Gasteiger partial charge on any atom is -0.507 e. The molecule has 0 radical (unpaired) electrons. The van der Waals surface area contributed by atoms with Gasteiger partial charge in [0.1, 0.15) is 5.75 Å².